The Bertz CT molecular complexity index is 279. The van der Waals surface area contributed by atoms with E-state index in [1.807, 2.05) is 0 Å². The molecule has 1 aliphatic carbocycles. The Morgan fingerprint density at radius 2 is 2.14 bits per heavy atom. The minimum Gasteiger partial charge on any atom is -0.424 e. The summed E-state index contributed by atoms with van der Waals surface area (Å²) in [6.07, 6.45) is 5.02. The molecule has 0 atom stereocenters. The lowest BCUT2D eigenvalue weighted by molar-refractivity contribution is 0.406. The zero-order valence-corrected chi connectivity index (χ0v) is 8.62. The second kappa shape index (κ2) is 4.55. The molecular weight excluding hydrogens is 178 g/mol. The predicted octanol–water partition coefficient (Wildman–Crippen LogP) is 1.84. The average molecular weight is 195 g/mol. The van der Waals surface area contributed by atoms with Crippen LogP contribution < -0.4 is 5.32 Å². The Balaban J connectivity index is 1.94. The highest BCUT2D eigenvalue weighted by molar-refractivity contribution is 4.94. The van der Waals surface area contributed by atoms with Gasteiger partial charge in [0.25, 0.3) is 0 Å². The third-order valence-corrected chi connectivity index (χ3v) is 2.71. The molecular formula is C10H17N3O. The van der Waals surface area contributed by atoms with Gasteiger partial charge in [-0.25, -0.2) is 0 Å². The van der Waals surface area contributed by atoms with Gasteiger partial charge in [0.1, 0.15) is 0 Å². The highest BCUT2D eigenvalue weighted by Crippen LogP contribution is 2.32. The minimum atomic E-state index is 0.526. The average Bonchev–Trinajstić information content (AvgIpc) is 2.85. The lowest BCUT2D eigenvalue weighted by Crippen LogP contribution is -2.11. The summed E-state index contributed by atoms with van der Waals surface area (Å²) in [5.41, 5.74) is 0. The first-order chi connectivity index (χ1) is 6.90. The molecule has 0 aromatic carbocycles. The molecule has 0 radical (unpaired) electrons. The second-order valence-electron chi connectivity index (χ2n) is 3.80. The fourth-order valence-corrected chi connectivity index (χ4v) is 1.91. The van der Waals surface area contributed by atoms with Gasteiger partial charge in [0.2, 0.25) is 11.8 Å². The van der Waals surface area contributed by atoms with E-state index in [4.69, 9.17) is 4.42 Å². The molecule has 0 saturated heterocycles. The van der Waals surface area contributed by atoms with Gasteiger partial charge < -0.3 is 9.73 Å². The maximum absolute atomic E-state index is 5.58. The van der Waals surface area contributed by atoms with Crippen LogP contribution in [-0.4, -0.2) is 16.7 Å². The van der Waals surface area contributed by atoms with Gasteiger partial charge in [0.15, 0.2) is 0 Å². The Labute approximate surface area is 84.1 Å². The summed E-state index contributed by atoms with van der Waals surface area (Å²) < 4.78 is 5.58. The Morgan fingerprint density at radius 3 is 2.86 bits per heavy atom. The maximum Gasteiger partial charge on any atom is 0.230 e. The lowest BCUT2D eigenvalue weighted by Gasteiger charge is -2.00. The van der Waals surface area contributed by atoms with Crippen molar-refractivity contribution in [3.8, 4) is 0 Å². The van der Waals surface area contributed by atoms with Crippen molar-refractivity contribution in [1.29, 1.82) is 0 Å². The van der Waals surface area contributed by atoms with E-state index in [1.165, 1.54) is 25.7 Å². The fourth-order valence-electron chi connectivity index (χ4n) is 1.91. The summed E-state index contributed by atoms with van der Waals surface area (Å²) in [4.78, 5) is 0. The van der Waals surface area contributed by atoms with Crippen molar-refractivity contribution < 1.29 is 4.42 Å². The summed E-state index contributed by atoms with van der Waals surface area (Å²) in [6.45, 7) is 3.69. The van der Waals surface area contributed by atoms with Gasteiger partial charge in [0, 0.05) is 5.92 Å². The van der Waals surface area contributed by atoms with Crippen LogP contribution in [0.4, 0.5) is 0 Å². The van der Waals surface area contributed by atoms with Crippen molar-refractivity contribution in [2.75, 3.05) is 6.54 Å². The second-order valence-corrected chi connectivity index (χ2v) is 3.80. The standard InChI is InChI=1S/C10H17N3O/c1-2-11-7-9-12-13-10(14-9)8-5-3-4-6-8/h8,11H,2-7H2,1H3. The topological polar surface area (TPSA) is 51.0 Å². The SMILES string of the molecule is CCNCc1nnc(C2CCCC2)o1. The molecule has 1 heterocycles. The monoisotopic (exact) mass is 195 g/mol. The molecule has 78 valence electrons. The number of nitrogens with zero attached hydrogens (tertiary/aromatic N) is 2. The zero-order valence-electron chi connectivity index (χ0n) is 8.62. The van der Waals surface area contributed by atoms with Crippen LogP contribution in [0, 0.1) is 0 Å². The first kappa shape index (κ1) is 9.65. The summed E-state index contributed by atoms with van der Waals surface area (Å²) in [5.74, 6) is 2.09. The van der Waals surface area contributed by atoms with E-state index in [1.54, 1.807) is 0 Å². The molecule has 0 spiro atoms. The number of rotatable bonds is 4. The summed E-state index contributed by atoms with van der Waals surface area (Å²) in [7, 11) is 0. The highest BCUT2D eigenvalue weighted by Gasteiger charge is 2.22. The van der Waals surface area contributed by atoms with Crippen LogP contribution >= 0.6 is 0 Å². The third-order valence-electron chi connectivity index (χ3n) is 2.71. The predicted molar refractivity (Wildman–Crippen MR) is 52.9 cm³/mol. The Kier molecular flexibility index (Phi) is 3.14. The van der Waals surface area contributed by atoms with E-state index in [0.717, 1.165) is 12.4 Å². The summed E-state index contributed by atoms with van der Waals surface area (Å²) in [6, 6.07) is 0. The van der Waals surface area contributed by atoms with Crippen molar-refractivity contribution in [2.45, 2.75) is 45.1 Å². The van der Waals surface area contributed by atoms with Gasteiger partial charge in [-0.15, -0.1) is 10.2 Å². The molecule has 2 rings (SSSR count). The molecule has 1 fully saturated rings. The van der Waals surface area contributed by atoms with Gasteiger partial charge in [0.05, 0.1) is 6.54 Å². The number of aromatic nitrogens is 2. The van der Waals surface area contributed by atoms with Gasteiger partial charge in [-0.05, 0) is 19.4 Å². The fraction of sp³-hybridized carbons (Fsp3) is 0.800. The van der Waals surface area contributed by atoms with Crippen molar-refractivity contribution in [2.24, 2.45) is 0 Å². The zero-order chi connectivity index (χ0) is 9.80. The van der Waals surface area contributed by atoms with E-state index in [2.05, 4.69) is 22.4 Å². The van der Waals surface area contributed by atoms with Crippen molar-refractivity contribution in [3.63, 3.8) is 0 Å². The molecule has 1 aromatic rings. The summed E-state index contributed by atoms with van der Waals surface area (Å²) in [5, 5.41) is 11.3. The molecule has 0 bridgehead atoms. The number of hydrogen-bond donors (Lipinski definition) is 1. The van der Waals surface area contributed by atoms with Crippen LogP contribution in [0.25, 0.3) is 0 Å². The molecule has 4 heteroatoms. The van der Waals surface area contributed by atoms with E-state index < -0.39 is 0 Å². The molecule has 1 N–H and O–H groups in total. The molecule has 1 aliphatic rings. The van der Waals surface area contributed by atoms with Crippen LogP contribution in [0.1, 0.15) is 50.3 Å². The minimum absolute atomic E-state index is 0.526. The van der Waals surface area contributed by atoms with Crippen LogP contribution in [-0.2, 0) is 6.54 Å². The van der Waals surface area contributed by atoms with E-state index >= 15 is 0 Å². The van der Waals surface area contributed by atoms with Crippen LogP contribution in [0.3, 0.4) is 0 Å². The smallest absolute Gasteiger partial charge is 0.230 e. The first-order valence-corrected chi connectivity index (χ1v) is 5.43. The molecule has 1 saturated carbocycles. The highest BCUT2D eigenvalue weighted by atomic mass is 16.4. The van der Waals surface area contributed by atoms with E-state index in [9.17, 15) is 0 Å². The van der Waals surface area contributed by atoms with Crippen molar-refractivity contribution in [1.82, 2.24) is 15.5 Å². The summed E-state index contributed by atoms with van der Waals surface area (Å²) >= 11 is 0. The molecule has 14 heavy (non-hydrogen) atoms. The van der Waals surface area contributed by atoms with Gasteiger partial charge in [-0.2, -0.15) is 0 Å². The van der Waals surface area contributed by atoms with Gasteiger partial charge in [-0.3, -0.25) is 0 Å². The Hall–Kier alpha value is -0.900. The first-order valence-electron chi connectivity index (χ1n) is 5.43. The molecule has 0 amide bonds. The van der Waals surface area contributed by atoms with Gasteiger partial charge in [-0.1, -0.05) is 19.8 Å². The largest absolute Gasteiger partial charge is 0.424 e. The molecule has 0 unspecified atom stereocenters. The van der Waals surface area contributed by atoms with E-state index in [-0.39, 0.29) is 0 Å². The van der Waals surface area contributed by atoms with Crippen LogP contribution in [0.5, 0.6) is 0 Å². The van der Waals surface area contributed by atoms with Crippen LogP contribution in [0.15, 0.2) is 4.42 Å². The van der Waals surface area contributed by atoms with Crippen LogP contribution in [0.2, 0.25) is 0 Å². The quantitative estimate of drug-likeness (QED) is 0.796. The molecule has 4 nitrogen and oxygen atoms in total. The van der Waals surface area contributed by atoms with Crippen molar-refractivity contribution >= 4 is 0 Å². The third kappa shape index (κ3) is 2.12. The normalized spacial score (nSPS) is 17.8. The number of nitrogens with one attached hydrogen (secondary N) is 1. The maximum atomic E-state index is 5.58. The Morgan fingerprint density at radius 1 is 1.36 bits per heavy atom. The lowest BCUT2D eigenvalue weighted by atomic mass is 10.1. The number of hydrogen-bond acceptors (Lipinski definition) is 4. The van der Waals surface area contributed by atoms with Gasteiger partial charge >= 0.3 is 0 Å². The molecule has 0 aliphatic heterocycles. The molecule has 1 aromatic heterocycles. The van der Waals surface area contributed by atoms with E-state index in [0.29, 0.717) is 18.4 Å². The van der Waals surface area contributed by atoms with Crippen molar-refractivity contribution in [3.05, 3.63) is 11.8 Å².